The first-order valence-corrected chi connectivity index (χ1v) is 11.0. The molecule has 2 N–H and O–H groups in total. The SMILES string of the molecule is CN=C(NCc1ccc(NC(=O)c2ccco2)cc1)N1CCS(=O)(=O)C(C)(C)C1.I. The van der Waals surface area contributed by atoms with Gasteiger partial charge in [0.15, 0.2) is 21.6 Å². The van der Waals surface area contributed by atoms with Crippen LogP contribution in [-0.4, -0.2) is 55.8 Å². The fourth-order valence-corrected chi connectivity index (χ4v) is 4.51. The van der Waals surface area contributed by atoms with Crippen molar-refractivity contribution in [2.75, 3.05) is 31.2 Å². The molecule has 1 aromatic carbocycles. The molecular weight excluding hydrogens is 519 g/mol. The number of rotatable bonds is 4. The summed E-state index contributed by atoms with van der Waals surface area (Å²) in [4.78, 5) is 18.3. The summed E-state index contributed by atoms with van der Waals surface area (Å²) in [7, 11) is -1.41. The Balaban J connectivity index is 0.00000320. The van der Waals surface area contributed by atoms with Gasteiger partial charge in [-0.1, -0.05) is 12.1 Å². The van der Waals surface area contributed by atoms with E-state index in [2.05, 4.69) is 15.6 Å². The molecule has 0 unspecified atom stereocenters. The molecule has 8 nitrogen and oxygen atoms in total. The Morgan fingerprint density at radius 2 is 1.93 bits per heavy atom. The second-order valence-electron chi connectivity index (χ2n) is 7.53. The lowest BCUT2D eigenvalue weighted by Crippen LogP contribution is -2.57. The van der Waals surface area contributed by atoms with E-state index in [1.807, 2.05) is 29.2 Å². The van der Waals surface area contributed by atoms with Crippen LogP contribution in [0.15, 0.2) is 52.1 Å². The number of nitrogens with one attached hydrogen (secondary N) is 2. The average Bonchev–Trinajstić information content (AvgIpc) is 3.21. The summed E-state index contributed by atoms with van der Waals surface area (Å²) < 4.78 is 28.7. The number of carbonyl (C=O) groups excluding carboxylic acids is 1. The Hall–Kier alpha value is -2.08. The maximum Gasteiger partial charge on any atom is 0.291 e. The lowest BCUT2D eigenvalue weighted by Gasteiger charge is -2.39. The van der Waals surface area contributed by atoms with Gasteiger partial charge >= 0.3 is 0 Å². The first-order chi connectivity index (χ1) is 13.7. The minimum atomic E-state index is -3.10. The number of carbonyl (C=O) groups is 1. The number of hydrogen-bond donors (Lipinski definition) is 2. The van der Waals surface area contributed by atoms with Crippen molar-refractivity contribution in [3.63, 3.8) is 0 Å². The number of benzene rings is 1. The molecule has 0 aliphatic carbocycles. The van der Waals surface area contributed by atoms with Crippen molar-refractivity contribution in [3.05, 3.63) is 54.0 Å². The van der Waals surface area contributed by atoms with E-state index in [0.29, 0.717) is 31.3 Å². The third-order valence-electron chi connectivity index (χ3n) is 4.96. The summed E-state index contributed by atoms with van der Waals surface area (Å²) in [5.74, 6) is 0.739. The highest BCUT2D eigenvalue weighted by atomic mass is 127. The summed E-state index contributed by atoms with van der Waals surface area (Å²) in [6.07, 6.45) is 1.45. The van der Waals surface area contributed by atoms with Crippen molar-refractivity contribution in [3.8, 4) is 0 Å². The van der Waals surface area contributed by atoms with Crippen LogP contribution in [0.5, 0.6) is 0 Å². The molecule has 164 valence electrons. The lowest BCUT2D eigenvalue weighted by atomic mass is 10.2. The number of sulfone groups is 1. The van der Waals surface area contributed by atoms with E-state index in [0.717, 1.165) is 5.56 Å². The Bertz CT molecular complexity index is 986. The molecule has 3 rings (SSSR count). The lowest BCUT2D eigenvalue weighted by molar-refractivity contribution is 0.0996. The van der Waals surface area contributed by atoms with Crippen LogP contribution in [0, 0.1) is 0 Å². The Labute approximate surface area is 194 Å². The maximum atomic E-state index is 12.2. The van der Waals surface area contributed by atoms with Crippen LogP contribution in [0.2, 0.25) is 0 Å². The van der Waals surface area contributed by atoms with E-state index in [4.69, 9.17) is 4.42 Å². The van der Waals surface area contributed by atoms with Gasteiger partial charge in [0.1, 0.15) is 0 Å². The van der Waals surface area contributed by atoms with Crippen molar-refractivity contribution >= 4 is 51.4 Å². The van der Waals surface area contributed by atoms with Gasteiger partial charge in [0.2, 0.25) is 0 Å². The molecule has 0 spiro atoms. The number of hydrogen-bond acceptors (Lipinski definition) is 5. The number of amides is 1. The largest absolute Gasteiger partial charge is 0.459 e. The minimum absolute atomic E-state index is 0. The van der Waals surface area contributed by atoms with E-state index in [1.165, 1.54) is 6.26 Å². The highest BCUT2D eigenvalue weighted by molar-refractivity contribution is 14.0. The maximum absolute atomic E-state index is 12.2. The number of guanidine groups is 1. The zero-order valence-corrected chi connectivity index (χ0v) is 20.4. The van der Waals surface area contributed by atoms with Crippen LogP contribution in [0.1, 0.15) is 30.0 Å². The van der Waals surface area contributed by atoms with E-state index in [9.17, 15) is 13.2 Å². The molecule has 1 aliphatic heterocycles. The Morgan fingerprint density at radius 1 is 1.23 bits per heavy atom. The average molecular weight is 546 g/mol. The molecule has 1 amide bonds. The van der Waals surface area contributed by atoms with Crippen LogP contribution in [0.4, 0.5) is 5.69 Å². The Morgan fingerprint density at radius 3 is 2.50 bits per heavy atom. The number of furan rings is 1. The molecule has 1 saturated heterocycles. The van der Waals surface area contributed by atoms with Crippen LogP contribution >= 0.6 is 24.0 Å². The van der Waals surface area contributed by atoms with Crippen LogP contribution in [-0.2, 0) is 16.4 Å². The van der Waals surface area contributed by atoms with Crippen molar-refractivity contribution in [2.24, 2.45) is 4.99 Å². The van der Waals surface area contributed by atoms with Gasteiger partial charge in [-0.3, -0.25) is 9.79 Å². The fourth-order valence-electron chi connectivity index (χ4n) is 3.14. The van der Waals surface area contributed by atoms with E-state index in [1.54, 1.807) is 33.0 Å². The smallest absolute Gasteiger partial charge is 0.291 e. The first kappa shape index (κ1) is 24.2. The second kappa shape index (κ2) is 9.82. The van der Waals surface area contributed by atoms with Gasteiger partial charge in [0.05, 0.1) is 16.8 Å². The van der Waals surface area contributed by atoms with Gasteiger partial charge in [-0.05, 0) is 43.7 Å². The van der Waals surface area contributed by atoms with E-state index >= 15 is 0 Å². The molecule has 0 saturated carbocycles. The Kier molecular flexibility index (Phi) is 7.92. The molecule has 0 bridgehead atoms. The van der Waals surface area contributed by atoms with Crippen LogP contribution < -0.4 is 10.6 Å². The summed E-state index contributed by atoms with van der Waals surface area (Å²) in [6, 6.07) is 10.7. The predicted molar refractivity (Wildman–Crippen MR) is 128 cm³/mol. The zero-order chi connectivity index (χ0) is 21.1. The number of aliphatic imine (C=N–C) groups is 1. The van der Waals surface area contributed by atoms with Crippen molar-refractivity contribution in [1.29, 1.82) is 0 Å². The number of nitrogens with zero attached hydrogens (tertiary/aromatic N) is 2. The summed E-state index contributed by atoms with van der Waals surface area (Å²) >= 11 is 0. The van der Waals surface area contributed by atoms with Gasteiger partial charge in [-0.25, -0.2) is 8.42 Å². The number of halogens is 1. The highest BCUT2D eigenvalue weighted by Crippen LogP contribution is 2.23. The minimum Gasteiger partial charge on any atom is -0.459 e. The zero-order valence-electron chi connectivity index (χ0n) is 17.2. The summed E-state index contributed by atoms with van der Waals surface area (Å²) in [5.41, 5.74) is 1.67. The molecule has 0 radical (unpaired) electrons. The van der Waals surface area contributed by atoms with Gasteiger partial charge < -0.3 is 20.0 Å². The molecule has 1 aromatic heterocycles. The quantitative estimate of drug-likeness (QED) is 0.348. The predicted octanol–water partition coefficient (Wildman–Crippen LogP) is 2.73. The van der Waals surface area contributed by atoms with Crippen LogP contribution in [0.25, 0.3) is 0 Å². The van der Waals surface area contributed by atoms with Gasteiger partial charge in [0, 0.05) is 32.4 Å². The number of anilines is 1. The fraction of sp³-hybridized carbons (Fsp3) is 0.400. The van der Waals surface area contributed by atoms with Crippen molar-refractivity contribution < 1.29 is 17.6 Å². The molecule has 1 fully saturated rings. The summed E-state index contributed by atoms with van der Waals surface area (Å²) in [5, 5.41) is 6.06. The van der Waals surface area contributed by atoms with Crippen LogP contribution in [0.3, 0.4) is 0 Å². The van der Waals surface area contributed by atoms with Crippen molar-refractivity contribution in [1.82, 2.24) is 10.2 Å². The standard InChI is InChI=1S/C20H26N4O4S.HI/c1-20(2)14-24(10-12-29(20,26)27)19(21-3)22-13-15-6-8-16(9-7-15)23-18(25)17-5-4-11-28-17;/h4-9,11H,10,12-14H2,1-3H3,(H,21,22)(H,23,25);1H. The van der Waals surface area contributed by atoms with Gasteiger partial charge in [-0.15, -0.1) is 24.0 Å². The molecule has 1 aliphatic rings. The van der Waals surface area contributed by atoms with Gasteiger partial charge in [0.25, 0.3) is 5.91 Å². The monoisotopic (exact) mass is 546 g/mol. The molecule has 30 heavy (non-hydrogen) atoms. The van der Waals surface area contributed by atoms with E-state index in [-0.39, 0.29) is 41.4 Å². The normalized spacial score (nSPS) is 17.7. The summed E-state index contributed by atoms with van der Waals surface area (Å²) in [6.45, 7) is 4.84. The third-order valence-corrected chi connectivity index (χ3v) is 7.50. The molecule has 10 heteroatoms. The third kappa shape index (κ3) is 5.54. The second-order valence-corrected chi connectivity index (χ2v) is 10.3. The molecule has 0 atom stereocenters. The van der Waals surface area contributed by atoms with Gasteiger partial charge in [-0.2, -0.15) is 0 Å². The molecular formula is C20H27IN4O4S. The molecule has 2 heterocycles. The topological polar surface area (TPSA) is 104 Å². The molecule has 2 aromatic rings. The van der Waals surface area contributed by atoms with Crippen molar-refractivity contribution in [2.45, 2.75) is 25.1 Å². The first-order valence-electron chi connectivity index (χ1n) is 9.33. The highest BCUT2D eigenvalue weighted by Gasteiger charge is 2.40. The van der Waals surface area contributed by atoms with E-state index < -0.39 is 14.6 Å².